The van der Waals surface area contributed by atoms with Gasteiger partial charge in [0.15, 0.2) is 17.4 Å². The Balaban J connectivity index is 1.15. The van der Waals surface area contributed by atoms with E-state index in [1.54, 1.807) is 22.9 Å². The van der Waals surface area contributed by atoms with Crippen LogP contribution in [0.5, 0.6) is 5.75 Å². The quantitative estimate of drug-likeness (QED) is 0.109. The largest absolute Gasteiger partial charge is 0.491 e. The molecule has 0 unspecified atom stereocenters. The van der Waals surface area contributed by atoms with Crippen molar-refractivity contribution >= 4 is 6.09 Å². The number of benzene rings is 3. The minimum atomic E-state index is -0.491. The van der Waals surface area contributed by atoms with Gasteiger partial charge < -0.3 is 19.8 Å². The van der Waals surface area contributed by atoms with Crippen molar-refractivity contribution < 1.29 is 18.7 Å². The zero-order valence-electron chi connectivity index (χ0n) is 29.0. The number of hydrogen-bond donors (Lipinski definition) is 2. The van der Waals surface area contributed by atoms with Crippen LogP contribution in [-0.4, -0.2) is 39.4 Å². The lowest BCUT2D eigenvalue weighted by atomic mass is 10.1. The Hall–Kier alpha value is -4.92. The maximum absolute atomic E-state index is 15.1. The van der Waals surface area contributed by atoms with Crippen molar-refractivity contribution in [3.8, 4) is 22.8 Å². The lowest BCUT2D eigenvalue weighted by Crippen LogP contribution is -2.32. The molecule has 0 fully saturated rings. The summed E-state index contributed by atoms with van der Waals surface area (Å²) in [6, 6.07) is 23.1. The molecular weight excluding hydrogens is 619 g/mol. The highest BCUT2D eigenvalue weighted by atomic mass is 19.1. The molecule has 0 bridgehead atoms. The molecule has 0 saturated heterocycles. The topological polar surface area (TPSA) is 98.2 Å². The number of fused-ring (bicyclic) bond motifs is 1. The number of aromatic nitrogens is 3. The second-order valence-corrected chi connectivity index (χ2v) is 13.6. The zero-order chi connectivity index (χ0) is 34.8. The number of amides is 1. The van der Waals surface area contributed by atoms with E-state index in [-0.39, 0.29) is 23.8 Å². The molecule has 2 heterocycles. The van der Waals surface area contributed by atoms with Crippen LogP contribution < -0.4 is 15.6 Å². The van der Waals surface area contributed by atoms with Crippen LogP contribution >= 0.6 is 0 Å². The number of carbonyl (C=O) groups is 1. The fraction of sp³-hybridized carbons (Fsp3) is 0.375. The monoisotopic (exact) mass is 666 g/mol. The summed E-state index contributed by atoms with van der Waals surface area (Å²) in [7, 11) is 0. The number of carbonyl (C=O) groups excluding carboxylic acids is 1. The van der Waals surface area contributed by atoms with Crippen LogP contribution in [0.1, 0.15) is 87.4 Å². The number of ether oxygens (including phenoxy) is 2. The third-order valence-electron chi connectivity index (χ3n) is 8.20. The van der Waals surface area contributed by atoms with Gasteiger partial charge in [-0.25, -0.2) is 14.2 Å². The van der Waals surface area contributed by atoms with Gasteiger partial charge in [0.25, 0.3) is 5.56 Å². The fourth-order valence-electron chi connectivity index (χ4n) is 5.68. The van der Waals surface area contributed by atoms with Crippen molar-refractivity contribution in [1.29, 1.82) is 0 Å². The van der Waals surface area contributed by atoms with Crippen molar-refractivity contribution in [2.24, 2.45) is 0 Å². The molecule has 0 aliphatic carbocycles. The fourth-order valence-corrected chi connectivity index (χ4v) is 5.68. The number of aromatic amines is 1. The third kappa shape index (κ3) is 10.3. The summed E-state index contributed by atoms with van der Waals surface area (Å²) in [5, 5.41) is 2.78. The number of H-pyrrole nitrogens is 1. The summed E-state index contributed by atoms with van der Waals surface area (Å²) in [5.41, 5.74) is 5.18. The molecule has 49 heavy (non-hydrogen) atoms. The minimum absolute atomic E-state index is 0.204. The van der Waals surface area contributed by atoms with E-state index in [0.717, 1.165) is 66.6 Å². The maximum Gasteiger partial charge on any atom is 0.407 e. The highest BCUT2D eigenvalue weighted by Gasteiger charge is 2.21. The van der Waals surface area contributed by atoms with Gasteiger partial charge in [-0.1, -0.05) is 91.9 Å². The molecule has 9 heteroatoms. The van der Waals surface area contributed by atoms with Crippen LogP contribution in [0.4, 0.5) is 9.18 Å². The van der Waals surface area contributed by atoms with Crippen LogP contribution in [-0.2, 0) is 17.6 Å². The molecule has 2 aliphatic heterocycles. The summed E-state index contributed by atoms with van der Waals surface area (Å²) >= 11 is 0. The van der Waals surface area contributed by atoms with Crippen molar-refractivity contribution in [2.75, 3.05) is 13.2 Å². The van der Waals surface area contributed by atoms with Crippen LogP contribution in [0, 0.1) is 12.7 Å². The Bertz CT molecular complexity index is 1840. The van der Waals surface area contributed by atoms with E-state index in [4.69, 9.17) is 14.5 Å². The summed E-state index contributed by atoms with van der Waals surface area (Å²) in [5.74, 6) is 0.320. The van der Waals surface area contributed by atoms with Gasteiger partial charge >= 0.3 is 6.09 Å². The highest BCUT2D eigenvalue weighted by molar-refractivity contribution is 5.67. The van der Waals surface area contributed by atoms with Gasteiger partial charge in [0.05, 0.1) is 18.0 Å². The van der Waals surface area contributed by atoms with E-state index in [2.05, 4.69) is 10.3 Å². The molecule has 0 spiro atoms. The molecule has 2 aliphatic rings. The highest BCUT2D eigenvalue weighted by Crippen LogP contribution is 2.25. The number of rotatable bonds is 15. The Labute approximate surface area is 288 Å². The third-order valence-corrected chi connectivity index (χ3v) is 8.20. The van der Waals surface area contributed by atoms with Crippen LogP contribution in [0.3, 0.4) is 0 Å². The molecule has 5 rings (SSSR count). The Morgan fingerprint density at radius 3 is 2.33 bits per heavy atom. The summed E-state index contributed by atoms with van der Waals surface area (Å²) in [6.45, 7) is 8.60. The van der Waals surface area contributed by atoms with Crippen molar-refractivity contribution in [3.05, 3.63) is 123 Å². The first-order valence-electron chi connectivity index (χ1n) is 17.2. The number of nitrogens with zero attached hydrogens (tertiary/aromatic N) is 2. The lowest BCUT2D eigenvalue weighted by molar-refractivity contribution is 0.0527. The lowest BCUT2D eigenvalue weighted by Gasteiger charge is -2.19. The summed E-state index contributed by atoms with van der Waals surface area (Å²) in [6.07, 6.45) is 8.03. The molecule has 0 saturated carbocycles. The molecule has 258 valence electrons. The molecule has 3 aromatic rings. The van der Waals surface area contributed by atoms with E-state index in [0.29, 0.717) is 36.6 Å². The Morgan fingerprint density at radius 1 is 0.898 bits per heavy atom. The number of halogens is 1. The number of hydrogen-bond acceptors (Lipinski definition) is 5. The molecule has 8 nitrogen and oxygen atoms in total. The molecular formula is C40H47FN4O4. The van der Waals surface area contributed by atoms with Gasteiger partial charge in [-0.15, -0.1) is 0 Å². The van der Waals surface area contributed by atoms with Crippen molar-refractivity contribution in [2.45, 2.75) is 84.7 Å². The van der Waals surface area contributed by atoms with E-state index in [1.807, 2.05) is 82.3 Å². The molecule has 2 N–H and O–H groups in total. The smallest absolute Gasteiger partial charge is 0.407 e. The number of nitrogens with one attached hydrogen (secondary N) is 2. The average Bonchev–Trinajstić information content (AvgIpc) is 3.37. The molecule has 1 amide bonds. The van der Waals surface area contributed by atoms with Gasteiger partial charge in [-0.3, -0.25) is 9.36 Å². The number of alkyl carbamates (subject to hydrolysis) is 1. The number of unbranched alkanes of at least 4 members (excludes halogenated alkanes) is 5. The second kappa shape index (κ2) is 16.5. The average molecular weight is 667 g/mol. The van der Waals surface area contributed by atoms with E-state index in [9.17, 15) is 9.59 Å². The molecule has 0 radical (unpaired) electrons. The summed E-state index contributed by atoms with van der Waals surface area (Å²) in [4.78, 5) is 33.6. The number of aryl methyl sites for hydroxylation is 1. The van der Waals surface area contributed by atoms with E-state index in [1.165, 1.54) is 6.07 Å². The summed E-state index contributed by atoms with van der Waals surface area (Å²) < 4.78 is 27.6. The van der Waals surface area contributed by atoms with E-state index < -0.39 is 11.4 Å². The number of imidazole rings is 1. The van der Waals surface area contributed by atoms with Crippen LogP contribution in [0.15, 0.2) is 83.8 Å². The predicted molar refractivity (Wildman–Crippen MR) is 191 cm³/mol. The van der Waals surface area contributed by atoms with Gasteiger partial charge in [0.1, 0.15) is 11.3 Å². The van der Waals surface area contributed by atoms with Crippen LogP contribution in [0.25, 0.3) is 17.1 Å². The Kier molecular flexibility index (Phi) is 11.9. The maximum atomic E-state index is 15.1. The minimum Gasteiger partial charge on any atom is -0.491 e. The van der Waals surface area contributed by atoms with Crippen molar-refractivity contribution in [1.82, 2.24) is 19.9 Å². The SMILES string of the molecule is Cc1ccc(-c2cn3c(=O)c(Cc4ccc(OCCCCCCCCNC(=O)OC(C)(C)C)c(F)c4)nc-3c(Cc3ccccc3)[nH]2)cc1. The predicted octanol–water partition coefficient (Wildman–Crippen LogP) is 8.54. The molecule has 0 atom stereocenters. The van der Waals surface area contributed by atoms with Gasteiger partial charge in [-0.2, -0.15) is 0 Å². The first kappa shape index (κ1) is 35.4. The van der Waals surface area contributed by atoms with E-state index >= 15 is 4.39 Å². The Morgan fingerprint density at radius 2 is 1.61 bits per heavy atom. The van der Waals surface area contributed by atoms with Gasteiger partial charge in [-0.05, 0) is 69.4 Å². The molecule has 3 aromatic carbocycles. The molecule has 0 aromatic heterocycles. The first-order chi connectivity index (χ1) is 23.6. The first-order valence-corrected chi connectivity index (χ1v) is 17.2. The standard InChI is InChI=1S/C40H47FN4O4/c1-28-16-19-31(20-17-28)35-27-45-37(33(43-35)25-29-14-10-9-11-15-29)44-34(38(45)46)26-30-18-21-36(32(41)24-30)48-23-13-8-6-5-7-12-22-42-39(47)49-40(2,3)4/h9-11,14-21,24,27,43H,5-8,12-13,22-23,25-26H2,1-4H3,(H,42,47). The zero-order valence-corrected chi connectivity index (χ0v) is 29.0. The van der Waals surface area contributed by atoms with Crippen LogP contribution in [0.2, 0.25) is 0 Å². The normalized spacial score (nSPS) is 11.5. The van der Waals surface area contributed by atoms with Gasteiger partial charge in [0.2, 0.25) is 0 Å². The second-order valence-electron chi connectivity index (χ2n) is 13.6. The van der Waals surface area contributed by atoms with Gasteiger partial charge in [0, 0.05) is 25.6 Å². The van der Waals surface area contributed by atoms with Crippen molar-refractivity contribution in [3.63, 3.8) is 0 Å².